The van der Waals surface area contributed by atoms with Crippen LogP contribution in [-0.2, 0) is 0 Å². The number of benzene rings is 2. The molecule has 2 aromatic carbocycles. The first-order valence-electron chi connectivity index (χ1n) is 8.46. The molecule has 1 N–H and O–H groups in total. The van der Waals surface area contributed by atoms with Crippen LogP contribution in [0.4, 0.5) is 18.9 Å². The van der Waals surface area contributed by atoms with E-state index in [1.165, 1.54) is 6.07 Å². The highest BCUT2D eigenvalue weighted by Gasteiger charge is 2.38. The molecule has 132 valence electrons. The summed E-state index contributed by atoms with van der Waals surface area (Å²) in [7, 11) is 0. The smallest absolute Gasteiger partial charge is 0.196 e. The average molecular weight is 356 g/mol. The number of halogens is 3. The molecule has 5 rings (SSSR count). The van der Waals surface area contributed by atoms with Crippen molar-refractivity contribution in [2.24, 2.45) is 0 Å². The van der Waals surface area contributed by atoms with E-state index in [1.54, 1.807) is 11.1 Å². The molecular weight excluding hydrogens is 341 g/mol. The third-order valence-electron chi connectivity index (χ3n) is 5.10. The molecular formula is C19H15F3N4. The Kier molecular flexibility index (Phi) is 3.25. The summed E-state index contributed by atoms with van der Waals surface area (Å²) in [4.78, 5) is 3.87. The van der Waals surface area contributed by atoms with Gasteiger partial charge in [0.1, 0.15) is 6.17 Å². The maximum absolute atomic E-state index is 14.5. The number of hydrogen-bond donors (Lipinski definition) is 1. The zero-order chi connectivity index (χ0) is 17.8. The number of fused-ring (bicyclic) bond motifs is 2. The number of allylic oxidation sites excluding steroid dienone is 1. The minimum Gasteiger partial charge on any atom is -0.349 e. The van der Waals surface area contributed by atoms with E-state index in [4.69, 9.17) is 0 Å². The summed E-state index contributed by atoms with van der Waals surface area (Å²) in [5, 5.41) is 7.88. The molecule has 1 saturated heterocycles. The lowest BCUT2D eigenvalue weighted by Crippen LogP contribution is -2.31. The van der Waals surface area contributed by atoms with Crippen molar-refractivity contribution in [1.29, 1.82) is 0 Å². The molecule has 2 aliphatic heterocycles. The summed E-state index contributed by atoms with van der Waals surface area (Å²) in [6.07, 6.45) is 5.17. The van der Waals surface area contributed by atoms with Crippen molar-refractivity contribution < 1.29 is 13.2 Å². The van der Waals surface area contributed by atoms with Gasteiger partial charge in [-0.05, 0) is 42.7 Å². The van der Waals surface area contributed by atoms with Gasteiger partial charge in [-0.1, -0.05) is 6.07 Å². The largest absolute Gasteiger partial charge is 0.349 e. The van der Waals surface area contributed by atoms with Crippen molar-refractivity contribution in [2.45, 2.75) is 19.0 Å². The van der Waals surface area contributed by atoms with E-state index in [2.05, 4.69) is 15.1 Å². The monoisotopic (exact) mass is 356 g/mol. The van der Waals surface area contributed by atoms with E-state index >= 15 is 0 Å². The Hall–Kier alpha value is -2.96. The number of hydrogen-bond acceptors (Lipinski definition) is 3. The second-order valence-electron chi connectivity index (χ2n) is 6.61. The Morgan fingerprint density at radius 1 is 1.08 bits per heavy atom. The molecule has 0 aliphatic carbocycles. The number of nitrogens with one attached hydrogen (secondary N) is 1. The van der Waals surface area contributed by atoms with E-state index in [0.29, 0.717) is 0 Å². The summed E-state index contributed by atoms with van der Waals surface area (Å²) < 4.78 is 41.6. The lowest BCUT2D eigenvalue weighted by atomic mass is 10.1. The normalized spacial score (nSPS) is 19.3. The van der Waals surface area contributed by atoms with Crippen LogP contribution in [0, 0.1) is 17.5 Å². The molecule has 3 aromatic rings. The minimum absolute atomic E-state index is 0.0306. The van der Waals surface area contributed by atoms with E-state index in [0.717, 1.165) is 47.6 Å². The fourth-order valence-corrected chi connectivity index (χ4v) is 3.90. The minimum atomic E-state index is -1.45. The highest BCUT2D eigenvalue weighted by molar-refractivity contribution is 5.79. The lowest BCUT2D eigenvalue weighted by molar-refractivity contribution is 0.317. The first kappa shape index (κ1) is 15.3. The Morgan fingerprint density at radius 2 is 1.96 bits per heavy atom. The Bertz CT molecular complexity index is 1040. The second kappa shape index (κ2) is 5.52. The predicted octanol–water partition coefficient (Wildman–Crippen LogP) is 4.44. The predicted molar refractivity (Wildman–Crippen MR) is 91.7 cm³/mol. The Balaban J connectivity index is 1.65. The van der Waals surface area contributed by atoms with Gasteiger partial charge in [0.05, 0.1) is 17.4 Å². The number of rotatable bonds is 2. The van der Waals surface area contributed by atoms with Gasteiger partial charge < -0.3 is 9.80 Å². The molecule has 26 heavy (non-hydrogen) atoms. The third-order valence-corrected chi connectivity index (χ3v) is 5.10. The van der Waals surface area contributed by atoms with Crippen LogP contribution >= 0.6 is 0 Å². The van der Waals surface area contributed by atoms with Gasteiger partial charge in [0, 0.05) is 23.8 Å². The summed E-state index contributed by atoms with van der Waals surface area (Å²) in [6, 6.07) is 8.11. The molecule has 0 bridgehead atoms. The molecule has 7 heteroatoms. The second-order valence-corrected chi connectivity index (χ2v) is 6.61. The van der Waals surface area contributed by atoms with Gasteiger partial charge in [-0.25, -0.2) is 13.2 Å². The molecule has 1 fully saturated rings. The van der Waals surface area contributed by atoms with Crippen LogP contribution < -0.4 is 4.90 Å². The van der Waals surface area contributed by atoms with Crippen LogP contribution in [0.15, 0.2) is 48.4 Å². The summed E-state index contributed by atoms with van der Waals surface area (Å²) in [5.41, 5.74) is 2.96. The zero-order valence-corrected chi connectivity index (χ0v) is 13.7. The lowest BCUT2D eigenvalue weighted by Gasteiger charge is -2.32. The molecule has 1 atom stereocenters. The van der Waals surface area contributed by atoms with Crippen LogP contribution in [0.1, 0.15) is 24.6 Å². The van der Waals surface area contributed by atoms with E-state index in [9.17, 15) is 13.2 Å². The molecule has 1 unspecified atom stereocenters. The maximum Gasteiger partial charge on any atom is 0.196 e. The van der Waals surface area contributed by atoms with Crippen molar-refractivity contribution in [3.8, 4) is 0 Å². The van der Waals surface area contributed by atoms with Crippen LogP contribution in [0.2, 0.25) is 0 Å². The third kappa shape index (κ3) is 2.13. The first-order valence-corrected chi connectivity index (χ1v) is 8.46. The van der Waals surface area contributed by atoms with Crippen molar-refractivity contribution >= 4 is 16.6 Å². The molecule has 1 aromatic heterocycles. The summed E-state index contributed by atoms with van der Waals surface area (Å²) >= 11 is 0. The number of H-pyrrole nitrogens is 1. The van der Waals surface area contributed by atoms with Crippen LogP contribution in [0.3, 0.4) is 0 Å². The average Bonchev–Trinajstić information content (AvgIpc) is 3.34. The van der Waals surface area contributed by atoms with Crippen LogP contribution in [0.5, 0.6) is 0 Å². The van der Waals surface area contributed by atoms with Crippen molar-refractivity contribution in [3.63, 3.8) is 0 Å². The van der Waals surface area contributed by atoms with E-state index in [1.807, 2.05) is 24.4 Å². The van der Waals surface area contributed by atoms with Crippen molar-refractivity contribution in [2.75, 3.05) is 11.4 Å². The molecule has 0 spiro atoms. The van der Waals surface area contributed by atoms with Crippen LogP contribution in [0.25, 0.3) is 10.9 Å². The van der Waals surface area contributed by atoms with Crippen molar-refractivity contribution in [3.05, 3.63) is 71.4 Å². The summed E-state index contributed by atoms with van der Waals surface area (Å²) in [5.74, 6) is -3.80. The standard InChI is InChI=1S/C19H15F3N4/c20-14-4-6-16(18(22)17(14)21)26-10-13-2-1-7-25(13)19(26)11-3-5-15-12(8-11)9-23-24-15/h3-6,8-10,19H,1-2,7H2,(H,23,24). The molecule has 0 saturated carbocycles. The Morgan fingerprint density at radius 3 is 2.85 bits per heavy atom. The Labute approximate surface area is 147 Å². The zero-order valence-electron chi connectivity index (χ0n) is 13.7. The number of aromatic nitrogens is 2. The first-order chi connectivity index (χ1) is 12.6. The van der Waals surface area contributed by atoms with Crippen molar-refractivity contribution in [1.82, 2.24) is 15.1 Å². The molecule has 3 heterocycles. The number of aromatic amines is 1. The molecule has 2 aliphatic rings. The van der Waals surface area contributed by atoms with Gasteiger partial charge in [-0.2, -0.15) is 5.10 Å². The molecule has 0 radical (unpaired) electrons. The molecule has 4 nitrogen and oxygen atoms in total. The fourth-order valence-electron chi connectivity index (χ4n) is 3.90. The number of nitrogens with zero attached hydrogens (tertiary/aromatic N) is 3. The SMILES string of the molecule is Fc1ccc(N2C=C3CCCN3C2c2ccc3[nH]ncc3c2)c(F)c1F. The van der Waals surface area contributed by atoms with Gasteiger partial charge in [-0.15, -0.1) is 0 Å². The van der Waals surface area contributed by atoms with E-state index in [-0.39, 0.29) is 11.9 Å². The van der Waals surface area contributed by atoms with Gasteiger partial charge in [0.15, 0.2) is 17.5 Å². The molecule has 0 amide bonds. The van der Waals surface area contributed by atoms with Crippen LogP contribution in [-0.4, -0.2) is 21.6 Å². The fraction of sp³-hybridized carbons (Fsp3) is 0.211. The van der Waals surface area contributed by atoms with Gasteiger partial charge in [0.25, 0.3) is 0 Å². The van der Waals surface area contributed by atoms with E-state index < -0.39 is 17.5 Å². The summed E-state index contributed by atoms with van der Waals surface area (Å²) in [6.45, 7) is 0.835. The number of anilines is 1. The quantitative estimate of drug-likeness (QED) is 0.690. The topological polar surface area (TPSA) is 35.2 Å². The highest BCUT2D eigenvalue weighted by atomic mass is 19.2. The highest BCUT2D eigenvalue weighted by Crippen LogP contribution is 2.44. The van der Waals surface area contributed by atoms with Gasteiger partial charge in [-0.3, -0.25) is 5.10 Å². The van der Waals surface area contributed by atoms with Gasteiger partial charge >= 0.3 is 0 Å². The van der Waals surface area contributed by atoms with Gasteiger partial charge in [0.2, 0.25) is 0 Å². The maximum atomic E-state index is 14.5.